The topological polar surface area (TPSA) is 67.5 Å². The highest BCUT2D eigenvalue weighted by molar-refractivity contribution is 6.29. The first-order chi connectivity index (χ1) is 14.1. The number of nitrogens with zero attached hydrogens (tertiary/aromatic N) is 3. The predicted molar refractivity (Wildman–Crippen MR) is 114 cm³/mol. The van der Waals surface area contributed by atoms with Gasteiger partial charge in [-0.2, -0.15) is 0 Å². The van der Waals surface area contributed by atoms with Crippen molar-refractivity contribution in [1.82, 2.24) is 9.55 Å². The summed E-state index contributed by atoms with van der Waals surface area (Å²) in [5.74, 6) is 1.11. The molecule has 0 bridgehead atoms. The third-order valence-electron chi connectivity index (χ3n) is 5.50. The Morgan fingerprint density at radius 1 is 1.07 bits per heavy atom. The fourth-order valence-corrected chi connectivity index (χ4v) is 3.86. The Hall–Kier alpha value is -3.21. The minimum Gasteiger partial charge on any atom is -0.410 e. The van der Waals surface area contributed by atoms with Crippen LogP contribution in [0.2, 0.25) is 0 Å². The molecular formula is C24H25N3O2. The smallest absolute Gasteiger partial charge is 0.212 e. The summed E-state index contributed by atoms with van der Waals surface area (Å²) in [7, 11) is 0. The van der Waals surface area contributed by atoms with Crippen molar-refractivity contribution in [3.63, 3.8) is 0 Å². The van der Waals surface area contributed by atoms with E-state index in [0.29, 0.717) is 40.7 Å². The predicted octanol–water partition coefficient (Wildman–Crippen LogP) is 5.24. The van der Waals surface area contributed by atoms with Gasteiger partial charge in [-0.1, -0.05) is 80.9 Å². The van der Waals surface area contributed by atoms with Gasteiger partial charge in [-0.05, 0) is 17.9 Å². The largest absolute Gasteiger partial charge is 0.410 e. The molecule has 0 fully saturated rings. The molecule has 0 saturated carbocycles. The second kappa shape index (κ2) is 7.66. The number of unbranched alkanes of at least 4 members (excludes halogenated alkanes) is 1. The molecule has 0 unspecified atom stereocenters. The molecule has 1 aliphatic carbocycles. The van der Waals surface area contributed by atoms with Crippen molar-refractivity contribution in [2.45, 2.75) is 46.1 Å². The highest BCUT2D eigenvalue weighted by atomic mass is 16.4. The van der Waals surface area contributed by atoms with Crippen LogP contribution in [-0.2, 0) is 6.54 Å². The Bertz CT molecular complexity index is 1090. The van der Waals surface area contributed by atoms with E-state index in [1.165, 1.54) is 5.56 Å². The Morgan fingerprint density at radius 2 is 1.76 bits per heavy atom. The summed E-state index contributed by atoms with van der Waals surface area (Å²) in [5.41, 5.74) is 4.69. The third-order valence-corrected chi connectivity index (χ3v) is 5.50. The molecule has 0 amide bonds. The van der Waals surface area contributed by atoms with Gasteiger partial charge in [-0.15, -0.1) is 0 Å². The van der Waals surface area contributed by atoms with Gasteiger partial charge in [-0.25, -0.2) is 4.98 Å². The van der Waals surface area contributed by atoms with Crippen molar-refractivity contribution in [3.8, 4) is 11.4 Å². The highest BCUT2D eigenvalue weighted by Crippen LogP contribution is 2.32. The Morgan fingerprint density at radius 3 is 2.38 bits per heavy atom. The van der Waals surface area contributed by atoms with Crippen molar-refractivity contribution in [1.29, 1.82) is 0 Å². The number of hydrogen-bond acceptors (Lipinski definition) is 4. The molecular weight excluding hydrogens is 362 g/mol. The summed E-state index contributed by atoms with van der Waals surface area (Å²) in [6.45, 7) is 7.14. The average molecular weight is 387 g/mol. The number of ketones is 1. The van der Waals surface area contributed by atoms with Crippen molar-refractivity contribution in [2.24, 2.45) is 5.16 Å². The summed E-state index contributed by atoms with van der Waals surface area (Å²) < 4.78 is 1.99. The molecule has 1 aliphatic rings. The minimum atomic E-state index is -0.0725. The van der Waals surface area contributed by atoms with Crippen LogP contribution in [0.4, 0.5) is 0 Å². The molecule has 4 rings (SSSR count). The van der Waals surface area contributed by atoms with E-state index in [0.717, 1.165) is 24.2 Å². The van der Waals surface area contributed by atoms with Crippen molar-refractivity contribution in [3.05, 3.63) is 76.6 Å². The van der Waals surface area contributed by atoms with E-state index in [2.05, 4.69) is 50.2 Å². The zero-order valence-corrected chi connectivity index (χ0v) is 17.0. The maximum absolute atomic E-state index is 13.3. The zero-order valence-electron chi connectivity index (χ0n) is 17.0. The normalized spacial score (nSPS) is 14.3. The molecule has 2 aromatic carbocycles. The average Bonchev–Trinajstić information content (AvgIpc) is 3.12. The number of rotatable bonds is 5. The second-order valence-electron chi connectivity index (χ2n) is 7.74. The Kier molecular flexibility index (Phi) is 5.05. The van der Waals surface area contributed by atoms with E-state index in [-0.39, 0.29) is 5.78 Å². The highest BCUT2D eigenvalue weighted by Gasteiger charge is 2.34. The number of carbonyl (C=O) groups excluding carboxylic acids is 1. The van der Waals surface area contributed by atoms with Crippen LogP contribution in [-0.4, -0.2) is 26.3 Å². The van der Waals surface area contributed by atoms with E-state index in [1.54, 1.807) is 12.1 Å². The van der Waals surface area contributed by atoms with Crippen molar-refractivity contribution >= 4 is 11.5 Å². The first-order valence-electron chi connectivity index (χ1n) is 10.1. The van der Waals surface area contributed by atoms with Gasteiger partial charge >= 0.3 is 0 Å². The minimum absolute atomic E-state index is 0.0725. The Balaban J connectivity index is 1.92. The standard InChI is InChI=1S/C24H25N3O2/c1-4-5-14-27-22-21(20(26-29)18-8-6-7-9-19(18)23(22)28)25-24(27)17-12-10-16(11-13-17)15(2)3/h6-13,15,29H,4-5,14H2,1-3H3/b26-20+. The first kappa shape index (κ1) is 19.1. The third kappa shape index (κ3) is 3.16. The molecule has 5 heteroatoms. The number of oxime groups is 1. The fourth-order valence-electron chi connectivity index (χ4n) is 3.86. The Labute approximate surface area is 170 Å². The lowest BCUT2D eigenvalue weighted by molar-refractivity contribution is 0.102. The SMILES string of the molecule is CCCCn1c(-c2ccc(C(C)C)cc2)nc2c1C(=O)c1ccccc1/C2=N\O. The summed E-state index contributed by atoms with van der Waals surface area (Å²) in [5, 5.41) is 13.3. The molecule has 29 heavy (non-hydrogen) atoms. The number of aromatic nitrogens is 2. The van der Waals surface area contributed by atoms with Gasteiger partial charge in [0.05, 0.1) is 0 Å². The number of hydrogen-bond donors (Lipinski definition) is 1. The van der Waals surface area contributed by atoms with Crippen LogP contribution in [0.15, 0.2) is 53.7 Å². The summed E-state index contributed by atoms with van der Waals surface area (Å²) in [6.07, 6.45) is 1.94. The maximum atomic E-state index is 13.3. The van der Waals surface area contributed by atoms with Gasteiger partial charge < -0.3 is 9.77 Å². The van der Waals surface area contributed by atoms with E-state index < -0.39 is 0 Å². The lowest BCUT2D eigenvalue weighted by Crippen LogP contribution is -2.24. The first-order valence-corrected chi connectivity index (χ1v) is 10.1. The van der Waals surface area contributed by atoms with E-state index in [1.807, 2.05) is 16.7 Å². The van der Waals surface area contributed by atoms with Crippen LogP contribution in [0.5, 0.6) is 0 Å². The van der Waals surface area contributed by atoms with Crippen LogP contribution in [0, 0.1) is 0 Å². The molecule has 1 aromatic heterocycles. The zero-order chi connectivity index (χ0) is 20.5. The van der Waals surface area contributed by atoms with Gasteiger partial charge in [-0.3, -0.25) is 4.79 Å². The summed E-state index contributed by atoms with van der Waals surface area (Å²) in [4.78, 5) is 18.1. The molecule has 0 spiro atoms. The molecule has 1 N–H and O–H groups in total. The number of carbonyl (C=O) groups is 1. The summed E-state index contributed by atoms with van der Waals surface area (Å²) >= 11 is 0. The van der Waals surface area contributed by atoms with Gasteiger partial charge in [0.15, 0.2) is 0 Å². The summed E-state index contributed by atoms with van der Waals surface area (Å²) in [6, 6.07) is 15.6. The molecule has 0 aliphatic heterocycles. The number of imidazole rings is 1. The monoisotopic (exact) mass is 387 g/mol. The maximum Gasteiger partial charge on any atom is 0.212 e. The molecule has 0 radical (unpaired) electrons. The second-order valence-corrected chi connectivity index (χ2v) is 7.74. The van der Waals surface area contributed by atoms with Crippen LogP contribution in [0.25, 0.3) is 11.4 Å². The molecule has 0 atom stereocenters. The van der Waals surface area contributed by atoms with Crippen LogP contribution < -0.4 is 0 Å². The quantitative estimate of drug-likeness (QED) is 0.376. The molecule has 0 saturated heterocycles. The van der Waals surface area contributed by atoms with Crippen molar-refractivity contribution in [2.75, 3.05) is 0 Å². The lowest BCUT2D eigenvalue weighted by atomic mass is 9.89. The van der Waals surface area contributed by atoms with Gasteiger partial charge in [0.2, 0.25) is 5.78 Å². The van der Waals surface area contributed by atoms with E-state index in [4.69, 9.17) is 4.98 Å². The van der Waals surface area contributed by atoms with E-state index in [9.17, 15) is 10.0 Å². The van der Waals surface area contributed by atoms with Crippen LogP contribution in [0.1, 0.15) is 72.4 Å². The number of benzene rings is 2. The van der Waals surface area contributed by atoms with Crippen molar-refractivity contribution < 1.29 is 10.0 Å². The van der Waals surface area contributed by atoms with Crippen LogP contribution >= 0.6 is 0 Å². The fraction of sp³-hybridized carbons (Fsp3) is 0.292. The van der Waals surface area contributed by atoms with E-state index >= 15 is 0 Å². The van der Waals surface area contributed by atoms with Gasteiger partial charge in [0.1, 0.15) is 22.9 Å². The number of fused-ring (bicyclic) bond motifs is 2. The van der Waals surface area contributed by atoms with Gasteiger partial charge in [0, 0.05) is 23.2 Å². The molecule has 1 heterocycles. The molecule has 5 nitrogen and oxygen atoms in total. The molecule has 3 aromatic rings. The van der Waals surface area contributed by atoms with Gasteiger partial charge in [0.25, 0.3) is 0 Å². The van der Waals surface area contributed by atoms with Crippen LogP contribution in [0.3, 0.4) is 0 Å². The lowest BCUT2D eigenvalue weighted by Gasteiger charge is -2.18. The molecule has 148 valence electrons.